The van der Waals surface area contributed by atoms with E-state index < -0.39 is 11.9 Å². The lowest BCUT2D eigenvalue weighted by molar-refractivity contribution is -0.140. The van der Waals surface area contributed by atoms with Crippen LogP contribution >= 0.6 is 0 Å². The summed E-state index contributed by atoms with van der Waals surface area (Å²) in [6.07, 6.45) is -4.60. The number of carbonyl (C=O) groups excluding carboxylic acids is 1. The van der Waals surface area contributed by atoms with Crippen molar-refractivity contribution >= 4 is 22.9 Å². The first kappa shape index (κ1) is 19.2. The van der Waals surface area contributed by atoms with Gasteiger partial charge < -0.3 is 15.1 Å². The van der Waals surface area contributed by atoms with E-state index in [0.29, 0.717) is 18.6 Å². The van der Waals surface area contributed by atoms with Gasteiger partial charge in [-0.25, -0.2) is 14.8 Å². The molecule has 0 spiro atoms. The van der Waals surface area contributed by atoms with E-state index in [1.807, 2.05) is 20.8 Å². The second kappa shape index (κ2) is 6.86. The molecule has 1 N–H and O–H groups in total. The lowest BCUT2D eigenvalue weighted by atomic mass is 10.1. The van der Waals surface area contributed by atoms with Crippen LogP contribution in [0.15, 0.2) is 24.3 Å². The summed E-state index contributed by atoms with van der Waals surface area (Å²) >= 11 is 0. The zero-order valence-corrected chi connectivity index (χ0v) is 15.5. The molecule has 3 rings (SSSR count). The fourth-order valence-electron chi connectivity index (χ4n) is 2.92. The Morgan fingerprint density at radius 2 is 1.56 bits per heavy atom. The largest absolute Gasteiger partial charge is 0.437 e. The van der Waals surface area contributed by atoms with Crippen LogP contribution in [0.5, 0.6) is 0 Å². The zero-order valence-electron chi connectivity index (χ0n) is 15.5. The van der Waals surface area contributed by atoms with Crippen molar-refractivity contribution < 1.29 is 18.0 Å². The molecule has 2 heterocycles. The van der Waals surface area contributed by atoms with Crippen LogP contribution in [0.2, 0.25) is 0 Å². The highest BCUT2D eigenvalue weighted by molar-refractivity contribution is 5.77. The van der Waals surface area contributed by atoms with Crippen molar-refractivity contribution in [2.45, 2.75) is 32.5 Å². The summed E-state index contributed by atoms with van der Waals surface area (Å²) in [7, 11) is 0. The number of halogens is 3. The number of piperazine rings is 1. The molecular formula is C18H22F3N5O. The number of nitrogens with one attached hydrogen (secondary N) is 1. The summed E-state index contributed by atoms with van der Waals surface area (Å²) in [4.78, 5) is 23.4. The van der Waals surface area contributed by atoms with E-state index >= 15 is 0 Å². The number of amides is 2. The van der Waals surface area contributed by atoms with Crippen molar-refractivity contribution in [1.82, 2.24) is 20.2 Å². The van der Waals surface area contributed by atoms with Gasteiger partial charge >= 0.3 is 12.2 Å². The van der Waals surface area contributed by atoms with Gasteiger partial charge in [-0.15, -0.1) is 0 Å². The molecule has 0 saturated carbocycles. The quantitative estimate of drug-likeness (QED) is 0.824. The minimum atomic E-state index is -4.60. The molecule has 0 unspecified atom stereocenters. The second-order valence-corrected chi connectivity index (χ2v) is 7.54. The Kier molecular flexibility index (Phi) is 4.88. The van der Waals surface area contributed by atoms with E-state index in [2.05, 4.69) is 15.3 Å². The average molecular weight is 381 g/mol. The summed E-state index contributed by atoms with van der Waals surface area (Å²) < 4.78 is 40.6. The molecule has 1 aliphatic rings. The molecule has 0 aliphatic carbocycles. The van der Waals surface area contributed by atoms with Gasteiger partial charge in [0.2, 0.25) is 0 Å². The normalized spacial score (nSPS) is 15.9. The van der Waals surface area contributed by atoms with Gasteiger partial charge in [0.1, 0.15) is 0 Å². The number of nitrogens with zero attached hydrogens (tertiary/aromatic N) is 4. The molecule has 1 fully saturated rings. The second-order valence-electron chi connectivity index (χ2n) is 7.54. The number of benzene rings is 1. The van der Waals surface area contributed by atoms with E-state index in [1.54, 1.807) is 28.0 Å². The van der Waals surface area contributed by atoms with Gasteiger partial charge in [-0.2, -0.15) is 13.2 Å². The molecule has 1 saturated heterocycles. The zero-order chi connectivity index (χ0) is 19.8. The highest BCUT2D eigenvalue weighted by Gasteiger charge is 2.39. The van der Waals surface area contributed by atoms with Crippen LogP contribution in [0.4, 0.5) is 23.8 Å². The average Bonchev–Trinajstić information content (AvgIpc) is 2.58. The predicted molar refractivity (Wildman–Crippen MR) is 96.6 cm³/mol. The smallest absolute Gasteiger partial charge is 0.351 e. The van der Waals surface area contributed by atoms with Crippen molar-refractivity contribution in [3.05, 3.63) is 30.0 Å². The Morgan fingerprint density at radius 1 is 1.00 bits per heavy atom. The van der Waals surface area contributed by atoms with Crippen molar-refractivity contribution in [2.75, 3.05) is 31.1 Å². The molecule has 9 heteroatoms. The van der Waals surface area contributed by atoms with Crippen LogP contribution in [-0.4, -0.2) is 52.6 Å². The number of anilines is 1. The molecule has 0 radical (unpaired) electrons. The first-order valence-electron chi connectivity index (χ1n) is 8.70. The number of alkyl halides is 3. The Hall–Kier alpha value is -2.58. The number of urea groups is 1. The minimum Gasteiger partial charge on any atom is -0.351 e. The number of rotatable bonds is 1. The predicted octanol–water partition coefficient (Wildman–Crippen LogP) is 3.28. The third-order valence-corrected chi connectivity index (χ3v) is 4.17. The lowest BCUT2D eigenvalue weighted by Crippen LogP contribution is -2.55. The van der Waals surface area contributed by atoms with Crippen molar-refractivity contribution in [1.29, 1.82) is 0 Å². The van der Waals surface area contributed by atoms with Crippen molar-refractivity contribution in [2.24, 2.45) is 0 Å². The number of carbonyl (C=O) groups is 1. The van der Waals surface area contributed by atoms with Gasteiger partial charge in [-0.05, 0) is 32.9 Å². The van der Waals surface area contributed by atoms with Gasteiger partial charge in [0.05, 0.1) is 11.0 Å². The summed E-state index contributed by atoms with van der Waals surface area (Å²) in [5, 5.41) is 2.86. The molecule has 0 bridgehead atoms. The molecule has 0 atom stereocenters. The molecule has 146 valence electrons. The maximum atomic E-state index is 13.5. The van der Waals surface area contributed by atoms with Crippen LogP contribution < -0.4 is 10.2 Å². The van der Waals surface area contributed by atoms with Crippen LogP contribution in [0.1, 0.15) is 26.5 Å². The van der Waals surface area contributed by atoms with Gasteiger partial charge in [-0.3, -0.25) is 0 Å². The molecular weight excluding hydrogens is 359 g/mol. The van der Waals surface area contributed by atoms with Gasteiger partial charge in [0.15, 0.2) is 11.5 Å². The highest BCUT2D eigenvalue weighted by Crippen LogP contribution is 2.35. The number of hydrogen-bond donors (Lipinski definition) is 1. The Morgan fingerprint density at radius 3 is 2.07 bits per heavy atom. The van der Waals surface area contributed by atoms with Crippen LogP contribution in [0.3, 0.4) is 0 Å². The molecule has 6 nitrogen and oxygen atoms in total. The number of para-hydroxylation sites is 2. The first-order chi connectivity index (χ1) is 12.5. The standard InChI is InChI=1S/C18H22F3N5O/c1-17(2,3)24-16(27)26-10-8-25(9-11-26)15-14(18(19,20)21)22-12-6-4-5-7-13(12)23-15/h4-7H,8-11H2,1-3H3,(H,24,27). The summed E-state index contributed by atoms with van der Waals surface area (Å²) in [5.74, 6) is -0.183. The molecule has 27 heavy (non-hydrogen) atoms. The SMILES string of the molecule is CC(C)(C)NC(=O)N1CCN(c2nc3ccccc3nc2C(F)(F)F)CC1. The Balaban J connectivity index is 1.83. The first-order valence-corrected chi connectivity index (χ1v) is 8.70. The van der Waals surface area contributed by atoms with E-state index in [9.17, 15) is 18.0 Å². The van der Waals surface area contributed by atoms with Crippen molar-refractivity contribution in [3.8, 4) is 0 Å². The fraction of sp³-hybridized carbons (Fsp3) is 0.500. The topological polar surface area (TPSA) is 61.4 Å². The van der Waals surface area contributed by atoms with Crippen molar-refractivity contribution in [3.63, 3.8) is 0 Å². The maximum absolute atomic E-state index is 13.5. The number of fused-ring (bicyclic) bond motifs is 1. The van der Waals surface area contributed by atoms with Crippen LogP contribution in [0, 0.1) is 0 Å². The van der Waals surface area contributed by atoms with Crippen LogP contribution in [-0.2, 0) is 6.18 Å². The van der Waals surface area contributed by atoms with E-state index in [4.69, 9.17) is 0 Å². The maximum Gasteiger partial charge on any atom is 0.437 e. The molecule has 1 aromatic carbocycles. The summed E-state index contributed by atoms with van der Waals surface area (Å²) in [6, 6.07) is 6.27. The highest BCUT2D eigenvalue weighted by atomic mass is 19.4. The number of hydrogen-bond acceptors (Lipinski definition) is 4. The van der Waals surface area contributed by atoms with E-state index in [1.165, 1.54) is 6.07 Å². The molecule has 2 aromatic rings. The monoisotopic (exact) mass is 381 g/mol. The fourth-order valence-corrected chi connectivity index (χ4v) is 2.92. The molecule has 2 amide bonds. The van der Waals surface area contributed by atoms with Gasteiger partial charge in [0.25, 0.3) is 0 Å². The molecule has 1 aliphatic heterocycles. The number of aromatic nitrogens is 2. The summed E-state index contributed by atoms with van der Waals surface area (Å²) in [5.41, 5.74) is -0.749. The van der Waals surface area contributed by atoms with Gasteiger partial charge in [0, 0.05) is 31.7 Å². The third kappa shape index (κ3) is 4.40. The Bertz CT molecular complexity index is 839. The van der Waals surface area contributed by atoms with Crippen LogP contribution in [0.25, 0.3) is 11.0 Å². The van der Waals surface area contributed by atoms with E-state index in [-0.39, 0.29) is 36.0 Å². The third-order valence-electron chi connectivity index (χ3n) is 4.17. The summed E-state index contributed by atoms with van der Waals surface area (Å²) in [6.45, 7) is 6.77. The van der Waals surface area contributed by atoms with E-state index in [0.717, 1.165) is 0 Å². The minimum absolute atomic E-state index is 0.183. The van der Waals surface area contributed by atoms with Gasteiger partial charge in [-0.1, -0.05) is 12.1 Å². The lowest BCUT2D eigenvalue weighted by Gasteiger charge is -2.37. The molecule has 1 aromatic heterocycles. The Labute approximate surface area is 155 Å².